The first-order valence-electron chi connectivity index (χ1n) is 17.7. The van der Waals surface area contributed by atoms with Gasteiger partial charge in [0, 0.05) is 6.42 Å². The van der Waals surface area contributed by atoms with E-state index in [1.807, 2.05) is 44.2 Å². The minimum atomic E-state index is -0.754. The maximum absolute atomic E-state index is 12.7. The second kappa shape index (κ2) is 20.6. The molecule has 0 fully saturated rings. The van der Waals surface area contributed by atoms with E-state index in [1.165, 1.54) is 37.1 Å². The lowest BCUT2D eigenvalue weighted by Crippen LogP contribution is -2.26. The normalized spacial score (nSPS) is 11.9. The summed E-state index contributed by atoms with van der Waals surface area (Å²) < 4.78 is 21.8. The molecule has 0 heterocycles. The molecular weight excluding hydrogens is 680 g/mol. The number of allylic oxidation sites excluding steroid dienone is 1. The number of hydrogen-bond donors (Lipinski definition) is 0. The summed E-state index contributed by atoms with van der Waals surface area (Å²) >= 11 is 6.16. The maximum Gasteiger partial charge on any atom is 0.343 e. The van der Waals surface area contributed by atoms with Gasteiger partial charge in [-0.3, -0.25) is 9.59 Å². The molecule has 4 aromatic rings. The fourth-order valence-electron chi connectivity index (χ4n) is 5.14. The standard InChI is InChI=1S/C43H45ClO8/c1-4-6-7-8-9-10-11-12-13-39(45)49-35-26-18-33(19-27-35)41(46)50-36-22-14-31(15-23-36)32-16-24-37(25-17-32)51-42(47)34-20-28-38(29-21-34)52-43(48)40(44)30(3)5-2/h4,14-30,40H,1,5-13H2,2-3H3/t30-,40-/m0/s1. The Morgan fingerprint density at radius 2 is 1.00 bits per heavy atom. The second-order valence-corrected chi connectivity index (χ2v) is 13.0. The molecule has 0 bridgehead atoms. The first-order chi connectivity index (χ1) is 25.2. The van der Waals surface area contributed by atoms with E-state index in [1.54, 1.807) is 48.5 Å². The molecule has 0 N–H and O–H groups in total. The molecule has 0 saturated carbocycles. The third-order valence-corrected chi connectivity index (χ3v) is 9.11. The molecule has 0 radical (unpaired) electrons. The van der Waals surface area contributed by atoms with Gasteiger partial charge in [0.2, 0.25) is 0 Å². The predicted molar refractivity (Wildman–Crippen MR) is 202 cm³/mol. The third kappa shape index (κ3) is 12.5. The van der Waals surface area contributed by atoms with Crippen molar-refractivity contribution in [2.75, 3.05) is 0 Å². The van der Waals surface area contributed by atoms with E-state index in [9.17, 15) is 19.2 Å². The summed E-state index contributed by atoms with van der Waals surface area (Å²) in [4.78, 5) is 49.8. The number of hydrogen-bond acceptors (Lipinski definition) is 8. The van der Waals surface area contributed by atoms with Gasteiger partial charge in [-0.2, -0.15) is 0 Å². The van der Waals surface area contributed by atoms with Crippen LogP contribution in [0.1, 0.15) is 92.4 Å². The van der Waals surface area contributed by atoms with Crippen molar-refractivity contribution >= 4 is 35.5 Å². The zero-order valence-electron chi connectivity index (χ0n) is 29.7. The summed E-state index contributed by atoms with van der Waals surface area (Å²) in [6.07, 6.45) is 10.5. The molecule has 0 aromatic heterocycles. The van der Waals surface area contributed by atoms with Gasteiger partial charge in [-0.05, 0) is 109 Å². The number of alkyl halides is 1. The summed E-state index contributed by atoms with van der Waals surface area (Å²) in [5, 5.41) is -0.754. The molecule has 0 aliphatic heterocycles. The Bertz CT molecular complexity index is 1760. The highest BCUT2D eigenvalue weighted by Gasteiger charge is 2.23. The topological polar surface area (TPSA) is 105 Å². The first kappa shape index (κ1) is 39.6. The molecule has 0 aliphatic rings. The maximum atomic E-state index is 12.7. The number of rotatable bonds is 19. The van der Waals surface area contributed by atoms with Crippen LogP contribution in [0, 0.1) is 5.92 Å². The highest BCUT2D eigenvalue weighted by atomic mass is 35.5. The van der Waals surface area contributed by atoms with Crippen LogP contribution in [-0.4, -0.2) is 29.3 Å². The second-order valence-electron chi connectivity index (χ2n) is 12.5. The van der Waals surface area contributed by atoms with Gasteiger partial charge in [-0.15, -0.1) is 18.2 Å². The molecule has 0 spiro atoms. The lowest BCUT2D eigenvalue weighted by atomic mass is 10.1. The average molecular weight is 725 g/mol. The van der Waals surface area contributed by atoms with Crippen LogP contribution in [0.4, 0.5) is 0 Å². The summed E-state index contributed by atoms with van der Waals surface area (Å²) in [6.45, 7) is 7.56. The van der Waals surface area contributed by atoms with Crippen LogP contribution in [0.25, 0.3) is 11.1 Å². The SMILES string of the molecule is C=CCCCCCCCCC(=O)Oc1ccc(C(=O)Oc2ccc(-c3ccc(OC(=O)c4ccc(OC(=O)[C@@H](Cl)[C@@H](C)CC)cc4)cc3)cc2)cc1. The van der Waals surface area contributed by atoms with Gasteiger partial charge in [0.1, 0.15) is 28.4 Å². The van der Waals surface area contributed by atoms with Gasteiger partial charge < -0.3 is 18.9 Å². The quantitative estimate of drug-likeness (QED) is 0.0309. The largest absolute Gasteiger partial charge is 0.427 e. The summed E-state index contributed by atoms with van der Waals surface area (Å²) in [6, 6.07) is 26.4. The molecule has 9 heteroatoms. The van der Waals surface area contributed by atoms with Gasteiger partial charge in [-0.1, -0.05) is 76.3 Å². The summed E-state index contributed by atoms with van der Waals surface area (Å²) in [7, 11) is 0. The number of halogens is 1. The first-order valence-corrected chi connectivity index (χ1v) is 18.1. The monoisotopic (exact) mass is 724 g/mol. The van der Waals surface area contributed by atoms with Crippen molar-refractivity contribution in [1.29, 1.82) is 0 Å². The van der Waals surface area contributed by atoms with Crippen molar-refractivity contribution in [1.82, 2.24) is 0 Å². The van der Waals surface area contributed by atoms with E-state index in [4.69, 9.17) is 30.5 Å². The number of ether oxygens (including phenoxy) is 4. The van der Waals surface area contributed by atoms with Crippen molar-refractivity contribution in [3.05, 3.63) is 121 Å². The van der Waals surface area contributed by atoms with E-state index in [0.29, 0.717) is 34.8 Å². The van der Waals surface area contributed by atoms with Crippen LogP contribution >= 0.6 is 11.6 Å². The zero-order chi connectivity index (χ0) is 37.3. The zero-order valence-corrected chi connectivity index (χ0v) is 30.4. The van der Waals surface area contributed by atoms with Crippen LogP contribution in [0.3, 0.4) is 0 Å². The van der Waals surface area contributed by atoms with Gasteiger partial charge in [0.15, 0.2) is 0 Å². The van der Waals surface area contributed by atoms with Gasteiger partial charge in [0.05, 0.1) is 11.1 Å². The lowest BCUT2D eigenvalue weighted by molar-refractivity contribution is -0.135. The molecule has 4 rings (SSSR count). The van der Waals surface area contributed by atoms with Gasteiger partial charge >= 0.3 is 23.9 Å². The van der Waals surface area contributed by atoms with Crippen LogP contribution in [0.5, 0.6) is 23.0 Å². The van der Waals surface area contributed by atoms with Gasteiger partial charge in [-0.25, -0.2) is 9.59 Å². The Hall–Kier alpha value is -5.21. The highest BCUT2D eigenvalue weighted by Crippen LogP contribution is 2.26. The smallest absolute Gasteiger partial charge is 0.343 e. The van der Waals surface area contributed by atoms with Crippen LogP contribution in [-0.2, 0) is 9.59 Å². The van der Waals surface area contributed by atoms with E-state index in [-0.39, 0.29) is 17.6 Å². The minimum absolute atomic E-state index is 0.0248. The van der Waals surface area contributed by atoms with Crippen molar-refractivity contribution < 1.29 is 38.1 Å². The molecule has 4 aromatic carbocycles. The molecule has 0 unspecified atom stereocenters. The number of carbonyl (C=O) groups excluding carboxylic acids is 4. The van der Waals surface area contributed by atoms with Crippen molar-refractivity contribution in [3.63, 3.8) is 0 Å². The molecule has 8 nitrogen and oxygen atoms in total. The number of carbonyl (C=O) groups is 4. The van der Waals surface area contributed by atoms with Crippen LogP contribution in [0.2, 0.25) is 0 Å². The summed E-state index contributed by atoms with van der Waals surface area (Å²) in [5.74, 6) is -0.548. The predicted octanol–water partition coefficient (Wildman–Crippen LogP) is 10.6. The Balaban J connectivity index is 1.21. The molecule has 0 aliphatic carbocycles. The summed E-state index contributed by atoms with van der Waals surface area (Å²) in [5.41, 5.74) is 2.35. The molecule has 52 heavy (non-hydrogen) atoms. The van der Waals surface area contributed by atoms with Crippen LogP contribution < -0.4 is 18.9 Å². The van der Waals surface area contributed by atoms with E-state index in [2.05, 4.69) is 6.58 Å². The molecule has 0 amide bonds. The third-order valence-electron chi connectivity index (χ3n) is 8.50. The van der Waals surface area contributed by atoms with Crippen molar-refractivity contribution in [3.8, 4) is 34.1 Å². The average Bonchev–Trinajstić information content (AvgIpc) is 3.16. The number of unbranched alkanes of at least 4 members (excludes halogenated alkanes) is 6. The Labute approximate surface area is 310 Å². The molecule has 272 valence electrons. The van der Waals surface area contributed by atoms with Crippen molar-refractivity contribution in [2.45, 2.75) is 77.0 Å². The molecule has 0 saturated heterocycles. The van der Waals surface area contributed by atoms with Gasteiger partial charge in [0.25, 0.3) is 0 Å². The molecular formula is C43H45ClO8. The Morgan fingerprint density at radius 1 is 0.596 bits per heavy atom. The fourth-order valence-corrected chi connectivity index (χ4v) is 5.36. The number of benzene rings is 4. The molecule has 2 atom stereocenters. The number of esters is 4. The Morgan fingerprint density at radius 3 is 1.46 bits per heavy atom. The van der Waals surface area contributed by atoms with Crippen molar-refractivity contribution in [2.24, 2.45) is 5.92 Å². The fraction of sp³-hybridized carbons (Fsp3) is 0.302. The van der Waals surface area contributed by atoms with Crippen LogP contribution in [0.15, 0.2) is 110 Å². The minimum Gasteiger partial charge on any atom is -0.427 e. The van der Waals surface area contributed by atoms with E-state index < -0.39 is 23.3 Å². The van der Waals surface area contributed by atoms with E-state index in [0.717, 1.165) is 49.7 Å². The highest BCUT2D eigenvalue weighted by molar-refractivity contribution is 6.30. The van der Waals surface area contributed by atoms with E-state index >= 15 is 0 Å². The Kier molecular flexibility index (Phi) is 15.7. The lowest BCUT2D eigenvalue weighted by Gasteiger charge is -2.14.